The maximum Gasteiger partial charge on any atom is -0.0233 e. The van der Waals surface area contributed by atoms with E-state index in [1.165, 1.54) is 0 Å². The van der Waals surface area contributed by atoms with Crippen LogP contribution in [0.2, 0.25) is 0 Å². The molecule has 0 aliphatic rings. The molecule has 0 heterocycles. The minimum Gasteiger partial charge on any atom is -0.0912 e. The van der Waals surface area contributed by atoms with Crippen molar-refractivity contribution in [2.75, 3.05) is 0 Å². The second-order valence-corrected chi connectivity index (χ2v) is 3.04. The molecule has 0 bridgehead atoms. The Morgan fingerprint density at radius 2 is 1.11 bits per heavy atom. The molecule has 0 aromatic heterocycles. The summed E-state index contributed by atoms with van der Waals surface area (Å²) in [4.78, 5) is 0. The van der Waals surface area contributed by atoms with Crippen LogP contribution in [-0.4, -0.2) is 0 Å². The second kappa shape index (κ2) is 21.7. The third-order valence-corrected chi connectivity index (χ3v) is 1.86. The van der Waals surface area contributed by atoms with Crippen LogP contribution in [0, 0.1) is 0 Å². The zero-order chi connectivity index (χ0) is 15.5. The molecule has 0 radical (unpaired) electrons. The Morgan fingerprint density at radius 1 is 0.684 bits per heavy atom. The van der Waals surface area contributed by atoms with Crippen molar-refractivity contribution in [3.63, 3.8) is 0 Å². The summed E-state index contributed by atoms with van der Waals surface area (Å²) in [7, 11) is 0. The molecule has 0 aliphatic heterocycles. The van der Waals surface area contributed by atoms with Gasteiger partial charge in [-0.1, -0.05) is 89.0 Å². The lowest BCUT2D eigenvalue weighted by Gasteiger charge is -1.98. The molecule has 108 valence electrons. The molecule has 0 heteroatoms. The lowest BCUT2D eigenvalue weighted by Crippen LogP contribution is -1.79. The summed E-state index contributed by atoms with van der Waals surface area (Å²) in [6.45, 7) is 18.0. The van der Waals surface area contributed by atoms with E-state index in [1.807, 2.05) is 91.0 Å². The van der Waals surface area contributed by atoms with Gasteiger partial charge in [-0.15, -0.1) is 0 Å². The third-order valence-electron chi connectivity index (χ3n) is 1.86. The summed E-state index contributed by atoms with van der Waals surface area (Å²) in [5.41, 5.74) is 2.17. The predicted octanol–water partition coefficient (Wildman–Crippen LogP) is 6.81. The monoisotopic (exact) mass is 260 g/mol. The fraction of sp³-hybridized carbons (Fsp3) is 0.368. The molecule has 0 aromatic carbocycles. The van der Waals surface area contributed by atoms with Gasteiger partial charge in [0.2, 0.25) is 0 Å². The molecule has 0 atom stereocenters. The van der Waals surface area contributed by atoms with Crippen LogP contribution in [0.25, 0.3) is 0 Å². The third kappa shape index (κ3) is 16.4. The number of hydrogen-bond donors (Lipinski definition) is 0. The van der Waals surface area contributed by atoms with Crippen LogP contribution >= 0.6 is 0 Å². The lowest BCUT2D eigenvalue weighted by molar-refractivity contribution is 1.50. The normalized spacial score (nSPS) is 11.6. The van der Waals surface area contributed by atoms with Gasteiger partial charge in [-0.05, 0) is 31.9 Å². The standard InChI is InChI=1S/C15H20.2C2H6/c1-5-8-10-12-14(4)15(7-3)13-11-9-6-2;2*1-2/h5-13H,4H2,1-3H3;2*1-2H3/b8-5-,9-6-,12-10-,13-11-,15-7+;;. The lowest BCUT2D eigenvalue weighted by atomic mass is 10.1. The molecule has 0 fully saturated rings. The van der Waals surface area contributed by atoms with Crippen LogP contribution in [0.15, 0.2) is 72.4 Å². The van der Waals surface area contributed by atoms with Crippen LogP contribution in [-0.2, 0) is 0 Å². The van der Waals surface area contributed by atoms with E-state index in [0.29, 0.717) is 0 Å². The van der Waals surface area contributed by atoms with Gasteiger partial charge in [0.1, 0.15) is 0 Å². The largest absolute Gasteiger partial charge is 0.0912 e. The van der Waals surface area contributed by atoms with Gasteiger partial charge in [-0.2, -0.15) is 0 Å². The van der Waals surface area contributed by atoms with Crippen molar-refractivity contribution in [2.45, 2.75) is 48.5 Å². The van der Waals surface area contributed by atoms with Gasteiger partial charge in [0.15, 0.2) is 0 Å². The molecule has 0 saturated carbocycles. The fourth-order valence-corrected chi connectivity index (χ4v) is 1.04. The van der Waals surface area contributed by atoms with Gasteiger partial charge in [-0.3, -0.25) is 0 Å². The first-order valence-electron chi connectivity index (χ1n) is 7.20. The maximum atomic E-state index is 4.01. The molecule has 0 rings (SSSR count). The molecular formula is C19H32. The summed E-state index contributed by atoms with van der Waals surface area (Å²) in [6.07, 6.45) is 18.1. The first-order chi connectivity index (χ1) is 9.26. The Bertz CT molecular complexity index is 320. The van der Waals surface area contributed by atoms with Gasteiger partial charge in [0.25, 0.3) is 0 Å². The highest BCUT2D eigenvalue weighted by atomic mass is 14.0. The molecule has 0 saturated heterocycles. The van der Waals surface area contributed by atoms with E-state index in [9.17, 15) is 0 Å². The quantitative estimate of drug-likeness (QED) is 0.476. The average molecular weight is 260 g/mol. The first-order valence-corrected chi connectivity index (χ1v) is 7.20. The summed E-state index contributed by atoms with van der Waals surface area (Å²) < 4.78 is 0. The Labute approximate surface area is 121 Å². The van der Waals surface area contributed by atoms with Crippen LogP contribution in [0.4, 0.5) is 0 Å². The van der Waals surface area contributed by atoms with Crippen LogP contribution in [0.5, 0.6) is 0 Å². The molecule has 0 amide bonds. The van der Waals surface area contributed by atoms with E-state index in [4.69, 9.17) is 0 Å². The molecular weight excluding hydrogens is 228 g/mol. The Kier molecular flexibility index (Phi) is 25.8. The summed E-state index contributed by atoms with van der Waals surface area (Å²) in [5.74, 6) is 0. The Morgan fingerprint density at radius 3 is 1.47 bits per heavy atom. The molecule has 0 unspecified atom stereocenters. The van der Waals surface area contributed by atoms with E-state index < -0.39 is 0 Å². The van der Waals surface area contributed by atoms with Crippen molar-refractivity contribution < 1.29 is 0 Å². The minimum atomic E-state index is 1.02. The zero-order valence-electron chi connectivity index (χ0n) is 13.9. The predicted molar refractivity (Wildman–Crippen MR) is 93.5 cm³/mol. The molecule has 0 spiro atoms. The van der Waals surface area contributed by atoms with E-state index in [-0.39, 0.29) is 0 Å². The van der Waals surface area contributed by atoms with Gasteiger partial charge in [0, 0.05) is 0 Å². The number of rotatable bonds is 5. The van der Waals surface area contributed by atoms with E-state index in [0.717, 1.165) is 11.1 Å². The van der Waals surface area contributed by atoms with Crippen molar-refractivity contribution in [2.24, 2.45) is 0 Å². The van der Waals surface area contributed by atoms with Crippen LogP contribution in [0.3, 0.4) is 0 Å². The van der Waals surface area contributed by atoms with Gasteiger partial charge >= 0.3 is 0 Å². The maximum absolute atomic E-state index is 4.01. The highest BCUT2D eigenvalue weighted by molar-refractivity contribution is 5.45. The van der Waals surface area contributed by atoms with Gasteiger partial charge < -0.3 is 0 Å². The van der Waals surface area contributed by atoms with E-state index in [2.05, 4.69) is 18.7 Å². The highest BCUT2D eigenvalue weighted by Crippen LogP contribution is 2.11. The van der Waals surface area contributed by atoms with Crippen molar-refractivity contribution in [1.29, 1.82) is 0 Å². The topological polar surface area (TPSA) is 0 Å². The van der Waals surface area contributed by atoms with Crippen molar-refractivity contribution in [3.8, 4) is 0 Å². The van der Waals surface area contributed by atoms with E-state index >= 15 is 0 Å². The summed E-state index contributed by atoms with van der Waals surface area (Å²) >= 11 is 0. The minimum absolute atomic E-state index is 1.02. The number of allylic oxidation sites excluding steroid dienone is 11. The molecule has 0 aromatic rings. The van der Waals surface area contributed by atoms with Crippen molar-refractivity contribution >= 4 is 0 Å². The van der Waals surface area contributed by atoms with Crippen LogP contribution in [0.1, 0.15) is 48.5 Å². The van der Waals surface area contributed by atoms with Crippen molar-refractivity contribution in [1.82, 2.24) is 0 Å². The second-order valence-electron chi connectivity index (χ2n) is 3.04. The van der Waals surface area contributed by atoms with Crippen LogP contribution < -0.4 is 0 Å². The summed E-state index contributed by atoms with van der Waals surface area (Å²) in [6, 6.07) is 0. The van der Waals surface area contributed by atoms with Gasteiger partial charge in [0.05, 0.1) is 0 Å². The summed E-state index contributed by atoms with van der Waals surface area (Å²) in [5, 5.41) is 0. The first kappa shape index (κ1) is 22.6. The smallest absolute Gasteiger partial charge is 0.0233 e. The highest BCUT2D eigenvalue weighted by Gasteiger charge is 1.91. The van der Waals surface area contributed by atoms with E-state index in [1.54, 1.807) is 0 Å². The fourth-order valence-electron chi connectivity index (χ4n) is 1.04. The molecule has 0 N–H and O–H groups in total. The van der Waals surface area contributed by atoms with Gasteiger partial charge in [-0.25, -0.2) is 0 Å². The average Bonchev–Trinajstić information content (AvgIpc) is 2.48. The zero-order valence-corrected chi connectivity index (χ0v) is 13.9. The Balaban J connectivity index is -0.000000579. The SMILES string of the molecule is C=C(/C=C\C=C/C)C(/C=C\C=C/C)=C/C.CC.CC. The molecule has 0 nitrogen and oxygen atoms in total. The van der Waals surface area contributed by atoms with Crippen molar-refractivity contribution in [3.05, 3.63) is 72.4 Å². The Hall–Kier alpha value is -1.56. The number of hydrogen-bond acceptors (Lipinski definition) is 0. The molecule has 19 heavy (non-hydrogen) atoms. The molecule has 0 aliphatic carbocycles.